The van der Waals surface area contributed by atoms with E-state index in [0.717, 1.165) is 16.4 Å². The summed E-state index contributed by atoms with van der Waals surface area (Å²) in [5.41, 5.74) is 8.12. The van der Waals surface area contributed by atoms with Gasteiger partial charge in [0.15, 0.2) is 0 Å². The Hall–Kier alpha value is -1.44. The fraction of sp³-hybridized carbons (Fsp3) is 0.300. The second kappa shape index (κ2) is 5.94. The summed E-state index contributed by atoms with van der Waals surface area (Å²) in [5, 5.41) is 12.0. The third-order valence-electron chi connectivity index (χ3n) is 2.33. The number of carbonyl (C=O) groups is 1. The third-order valence-corrected chi connectivity index (χ3v) is 3.20. The molecule has 98 valence electrons. The van der Waals surface area contributed by atoms with E-state index < -0.39 is 0 Å². The van der Waals surface area contributed by atoms with Crippen LogP contribution < -0.4 is 11.1 Å². The van der Waals surface area contributed by atoms with Gasteiger partial charge in [-0.3, -0.25) is 9.89 Å². The monoisotopic (exact) mass is 287 g/mol. The number of hydrogen-bond acceptors (Lipinski definition) is 5. The predicted octanol–water partition coefficient (Wildman–Crippen LogP) is 1.62. The molecule has 0 radical (unpaired) electrons. The van der Waals surface area contributed by atoms with E-state index in [9.17, 15) is 4.79 Å². The van der Waals surface area contributed by atoms with Crippen LogP contribution in [-0.4, -0.2) is 21.1 Å². The van der Waals surface area contributed by atoms with E-state index in [2.05, 4.69) is 20.5 Å². The summed E-state index contributed by atoms with van der Waals surface area (Å²) in [6.07, 6.45) is 0. The van der Waals surface area contributed by atoms with Crippen LogP contribution in [-0.2, 0) is 6.54 Å². The van der Waals surface area contributed by atoms with Gasteiger partial charge in [0.2, 0.25) is 0 Å². The molecule has 6 nitrogen and oxygen atoms in total. The minimum atomic E-state index is -0.242. The Morgan fingerprint density at radius 3 is 2.78 bits per heavy atom. The molecule has 0 saturated heterocycles. The number of aromatic amines is 1. The van der Waals surface area contributed by atoms with Gasteiger partial charge in [0.05, 0.1) is 17.1 Å². The average molecular weight is 288 g/mol. The number of carbonyl (C=O) groups excluding carboxylic acids is 1. The Morgan fingerprint density at radius 2 is 2.28 bits per heavy atom. The van der Waals surface area contributed by atoms with Crippen LogP contribution in [0.4, 0.5) is 5.69 Å². The zero-order valence-electron chi connectivity index (χ0n) is 9.98. The van der Waals surface area contributed by atoms with E-state index in [4.69, 9.17) is 5.73 Å². The molecule has 0 saturated carbocycles. The Bertz CT molecular complexity index is 531. The van der Waals surface area contributed by atoms with E-state index in [-0.39, 0.29) is 18.3 Å². The number of H-pyrrole nitrogens is 1. The Balaban J connectivity index is 0.00000162. The number of anilines is 1. The molecular weight excluding hydrogens is 274 g/mol. The molecule has 0 atom stereocenters. The maximum Gasteiger partial charge on any atom is 0.275 e. The van der Waals surface area contributed by atoms with Crippen molar-refractivity contribution in [3.05, 3.63) is 27.5 Å². The van der Waals surface area contributed by atoms with Gasteiger partial charge in [-0.05, 0) is 13.8 Å². The highest BCUT2D eigenvalue weighted by atomic mass is 35.5. The van der Waals surface area contributed by atoms with E-state index in [1.54, 1.807) is 5.38 Å². The number of nitrogens with one attached hydrogen (secondary N) is 2. The summed E-state index contributed by atoms with van der Waals surface area (Å²) in [6, 6.07) is 0. The maximum absolute atomic E-state index is 11.9. The molecule has 0 aromatic carbocycles. The SMILES string of the molecule is Cc1n[nH]c(C)c1NC(=O)c1csc(CN)n1.Cl. The van der Waals surface area contributed by atoms with Crippen LogP contribution >= 0.6 is 23.7 Å². The summed E-state index contributed by atoms with van der Waals surface area (Å²) < 4.78 is 0. The molecule has 0 aliphatic heterocycles. The molecule has 2 heterocycles. The smallest absolute Gasteiger partial charge is 0.275 e. The third kappa shape index (κ3) is 2.87. The largest absolute Gasteiger partial charge is 0.325 e. The van der Waals surface area contributed by atoms with E-state index in [0.29, 0.717) is 17.9 Å². The molecule has 2 aromatic heterocycles. The van der Waals surface area contributed by atoms with Crippen molar-refractivity contribution in [1.29, 1.82) is 0 Å². The molecule has 1 amide bonds. The minimum absolute atomic E-state index is 0. The standard InChI is InChI=1S/C10H13N5OS.ClH/c1-5-9(6(2)15-14-5)13-10(16)7-4-17-8(3-11)12-7;/h4H,3,11H2,1-2H3,(H,13,16)(H,14,15);1H. The second-order valence-electron chi connectivity index (χ2n) is 3.59. The van der Waals surface area contributed by atoms with Gasteiger partial charge in [0.25, 0.3) is 5.91 Å². The summed E-state index contributed by atoms with van der Waals surface area (Å²) in [4.78, 5) is 16.0. The molecule has 0 spiro atoms. The number of hydrogen-bond donors (Lipinski definition) is 3. The van der Waals surface area contributed by atoms with E-state index in [1.165, 1.54) is 11.3 Å². The molecule has 4 N–H and O–H groups in total. The summed E-state index contributed by atoms with van der Waals surface area (Å²) in [7, 11) is 0. The van der Waals surface area contributed by atoms with Gasteiger partial charge in [-0.15, -0.1) is 23.7 Å². The highest BCUT2D eigenvalue weighted by Gasteiger charge is 2.14. The Labute approximate surface area is 114 Å². The van der Waals surface area contributed by atoms with Gasteiger partial charge in [-0.1, -0.05) is 0 Å². The second-order valence-corrected chi connectivity index (χ2v) is 4.54. The normalized spacial score (nSPS) is 9.94. The van der Waals surface area contributed by atoms with Crippen molar-refractivity contribution in [1.82, 2.24) is 15.2 Å². The molecule has 0 aliphatic carbocycles. The topological polar surface area (TPSA) is 96.7 Å². The fourth-order valence-corrected chi connectivity index (χ4v) is 2.08. The van der Waals surface area contributed by atoms with Gasteiger partial charge in [-0.25, -0.2) is 4.98 Å². The van der Waals surface area contributed by atoms with Crippen molar-refractivity contribution >= 4 is 35.3 Å². The van der Waals surface area contributed by atoms with Gasteiger partial charge in [0.1, 0.15) is 10.7 Å². The first kappa shape index (κ1) is 14.6. The molecule has 18 heavy (non-hydrogen) atoms. The molecular formula is C10H14ClN5OS. The van der Waals surface area contributed by atoms with Crippen LogP contribution in [0.15, 0.2) is 5.38 Å². The number of amides is 1. The number of nitrogens with two attached hydrogens (primary N) is 1. The lowest BCUT2D eigenvalue weighted by Gasteiger charge is -2.02. The highest BCUT2D eigenvalue weighted by Crippen LogP contribution is 2.18. The minimum Gasteiger partial charge on any atom is -0.325 e. The Morgan fingerprint density at radius 1 is 1.56 bits per heavy atom. The van der Waals surface area contributed by atoms with Crippen molar-refractivity contribution in [3.63, 3.8) is 0 Å². The predicted molar refractivity (Wildman–Crippen MR) is 73.3 cm³/mol. The zero-order valence-corrected chi connectivity index (χ0v) is 11.6. The molecule has 0 unspecified atom stereocenters. The lowest BCUT2D eigenvalue weighted by atomic mass is 10.3. The van der Waals surface area contributed by atoms with Crippen molar-refractivity contribution in [2.24, 2.45) is 5.73 Å². The average Bonchev–Trinajstić information content (AvgIpc) is 2.90. The molecule has 0 bridgehead atoms. The van der Waals surface area contributed by atoms with Gasteiger partial charge < -0.3 is 11.1 Å². The van der Waals surface area contributed by atoms with Crippen LogP contribution in [0.25, 0.3) is 0 Å². The summed E-state index contributed by atoms with van der Waals surface area (Å²) >= 11 is 1.38. The van der Waals surface area contributed by atoms with Gasteiger partial charge >= 0.3 is 0 Å². The molecule has 8 heteroatoms. The van der Waals surface area contributed by atoms with Crippen LogP contribution in [0.3, 0.4) is 0 Å². The Kier molecular flexibility index (Phi) is 4.83. The first-order valence-corrected chi connectivity index (χ1v) is 5.97. The molecule has 2 rings (SSSR count). The zero-order chi connectivity index (χ0) is 12.4. The number of thiazole rings is 1. The van der Waals surface area contributed by atoms with Crippen molar-refractivity contribution in [3.8, 4) is 0 Å². The number of rotatable bonds is 3. The van der Waals surface area contributed by atoms with Crippen molar-refractivity contribution < 1.29 is 4.79 Å². The quantitative estimate of drug-likeness (QED) is 0.799. The van der Waals surface area contributed by atoms with Crippen molar-refractivity contribution in [2.75, 3.05) is 5.32 Å². The van der Waals surface area contributed by atoms with Crippen LogP contribution in [0.5, 0.6) is 0 Å². The number of aryl methyl sites for hydroxylation is 2. The lowest BCUT2D eigenvalue weighted by molar-refractivity contribution is 0.102. The number of nitrogens with zero attached hydrogens (tertiary/aromatic N) is 2. The van der Waals surface area contributed by atoms with E-state index in [1.807, 2.05) is 13.8 Å². The molecule has 2 aromatic rings. The van der Waals surface area contributed by atoms with Crippen LogP contribution in [0.1, 0.15) is 26.9 Å². The first-order valence-electron chi connectivity index (χ1n) is 5.09. The van der Waals surface area contributed by atoms with E-state index >= 15 is 0 Å². The molecule has 0 aliphatic rings. The first-order chi connectivity index (χ1) is 8.11. The van der Waals surface area contributed by atoms with Gasteiger partial charge in [0, 0.05) is 11.9 Å². The number of halogens is 1. The van der Waals surface area contributed by atoms with Crippen molar-refractivity contribution in [2.45, 2.75) is 20.4 Å². The van der Waals surface area contributed by atoms with Crippen LogP contribution in [0, 0.1) is 13.8 Å². The maximum atomic E-state index is 11.9. The summed E-state index contributed by atoms with van der Waals surface area (Å²) in [6.45, 7) is 4.02. The fourth-order valence-electron chi connectivity index (χ4n) is 1.42. The molecule has 0 fully saturated rings. The summed E-state index contributed by atoms with van der Waals surface area (Å²) in [5.74, 6) is -0.242. The lowest BCUT2D eigenvalue weighted by Crippen LogP contribution is -2.13. The highest BCUT2D eigenvalue weighted by molar-refractivity contribution is 7.09. The van der Waals surface area contributed by atoms with Crippen LogP contribution in [0.2, 0.25) is 0 Å². The van der Waals surface area contributed by atoms with Gasteiger partial charge in [-0.2, -0.15) is 5.10 Å². The number of aromatic nitrogens is 3.